The summed E-state index contributed by atoms with van der Waals surface area (Å²) in [5.74, 6) is 0. The number of rotatable bonds is 7. The van der Waals surface area contributed by atoms with Crippen LogP contribution in [0.2, 0.25) is 0 Å². The second-order valence-corrected chi connectivity index (χ2v) is 5.64. The smallest absolute Gasteiger partial charge is 0.106 e. The summed E-state index contributed by atoms with van der Waals surface area (Å²) in [6, 6.07) is 2.56. The molecule has 1 N–H and O–H groups in total. The van der Waals surface area contributed by atoms with Crippen molar-refractivity contribution in [3.05, 3.63) is 0 Å². The molecule has 0 spiro atoms. The van der Waals surface area contributed by atoms with Crippen LogP contribution in [0.4, 0.5) is 0 Å². The van der Waals surface area contributed by atoms with Crippen molar-refractivity contribution in [3.63, 3.8) is 0 Å². The SMILES string of the molecule is CCCCCCCC(C)(C#N)N1CCCNCC1. The zero-order chi connectivity index (χ0) is 13.3. The van der Waals surface area contributed by atoms with Gasteiger partial charge in [-0.1, -0.05) is 39.0 Å². The van der Waals surface area contributed by atoms with Gasteiger partial charge in [-0.3, -0.25) is 4.90 Å². The van der Waals surface area contributed by atoms with Gasteiger partial charge >= 0.3 is 0 Å². The molecular formula is C15H29N3. The summed E-state index contributed by atoms with van der Waals surface area (Å²) in [4.78, 5) is 2.38. The summed E-state index contributed by atoms with van der Waals surface area (Å²) < 4.78 is 0. The Bertz CT molecular complexity index is 251. The molecule has 0 radical (unpaired) electrons. The Balaban J connectivity index is 2.37. The Hall–Kier alpha value is -0.590. The van der Waals surface area contributed by atoms with Crippen LogP contribution in [-0.2, 0) is 0 Å². The van der Waals surface area contributed by atoms with E-state index < -0.39 is 0 Å². The van der Waals surface area contributed by atoms with E-state index >= 15 is 0 Å². The Morgan fingerprint density at radius 2 is 1.94 bits per heavy atom. The van der Waals surface area contributed by atoms with Crippen LogP contribution in [0.3, 0.4) is 0 Å². The highest BCUT2D eigenvalue weighted by Crippen LogP contribution is 2.23. The van der Waals surface area contributed by atoms with Gasteiger partial charge in [-0.2, -0.15) is 5.26 Å². The largest absolute Gasteiger partial charge is 0.315 e. The molecule has 0 aliphatic carbocycles. The average molecular weight is 251 g/mol. The van der Waals surface area contributed by atoms with E-state index in [1.807, 2.05) is 0 Å². The molecular weight excluding hydrogens is 222 g/mol. The van der Waals surface area contributed by atoms with E-state index in [2.05, 4.69) is 30.1 Å². The van der Waals surface area contributed by atoms with E-state index in [0.29, 0.717) is 0 Å². The lowest BCUT2D eigenvalue weighted by Gasteiger charge is -2.35. The maximum atomic E-state index is 9.52. The molecule has 1 atom stereocenters. The standard InChI is InChI=1S/C15H29N3/c1-3-4-5-6-7-9-15(2,14-16)18-12-8-10-17-11-13-18/h17H,3-13H2,1-2H3. The van der Waals surface area contributed by atoms with Crippen molar-refractivity contribution in [1.29, 1.82) is 5.26 Å². The lowest BCUT2D eigenvalue weighted by Crippen LogP contribution is -2.46. The number of unbranched alkanes of at least 4 members (excludes halogenated alkanes) is 4. The van der Waals surface area contributed by atoms with Crippen molar-refractivity contribution in [2.24, 2.45) is 0 Å². The van der Waals surface area contributed by atoms with Crippen molar-refractivity contribution in [3.8, 4) is 6.07 Å². The molecule has 0 amide bonds. The molecule has 0 aromatic carbocycles. The first kappa shape index (κ1) is 15.5. The van der Waals surface area contributed by atoms with Gasteiger partial charge in [-0.25, -0.2) is 0 Å². The number of nitriles is 1. The third kappa shape index (κ3) is 4.96. The lowest BCUT2D eigenvalue weighted by atomic mass is 9.93. The first-order chi connectivity index (χ1) is 8.73. The van der Waals surface area contributed by atoms with Gasteiger partial charge in [0.25, 0.3) is 0 Å². The van der Waals surface area contributed by atoms with Gasteiger partial charge in [0.1, 0.15) is 5.54 Å². The minimum absolute atomic E-state index is 0.252. The Morgan fingerprint density at radius 3 is 2.67 bits per heavy atom. The number of hydrogen-bond acceptors (Lipinski definition) is 3. The summed E-state index contributed by atoms with van der Waals surface area (Å²) in [5, 5.41) is 12.9. The van der Waals surface area contributed by atoms with Gasteiger partial charge in [0.2, 0.25) is 0 Å². The molecule has 18 heavy (non-hydrogen) atoms. The predicted octanol–water partition coefficient (Wildman–Crippen LogP) is 2.92. The summed E-state index contributed by atoms with van der Waals surface area (Å²) in [5.41, 5.74) is -0.252. The van der Waals surface area contributed by atoms with Crippen LogP contribution in [-0.4, -0.2) is 36.6 Å². The highest BCUT2D eigenvalue weighted by Gasteiger charge is 2.31. The van der Waals surface area contributed by atoms with Crippen molar-refractivity contribution in [2.45, 2.75) is 64.3 Å². The predicted molar refractivity (Wildman–Crippen MR) is 76.5 cm³/mol. The zero-order valence-corrected chi connectivity index (χ0v) is 12.2. The Kier molecular flexibility index (Phi) is 7.31. The third-order valence-corrected chi connectivity index (χ3v) is 4.05. The zero-order valence-electron chi connectivity index (χ0n) is 12.2. The molecule has 0 aromatic heterocycles. The quantitative estimate of drug-likeness (QED) is 0.707. The van der Waals surface area contributed by atoms with Crippen LogP contribution >= 0.6 is 0 Å². The number of hydrogen-bond donors (Lipinski definition) is 1. The van der Waals surface area contributed by atoms with Crippen molar-refractivity contribution in [2.75, 3.05) is 26.2 Å². The van der Waals surface area contributed by atoms with Crippen LogP contribution in [0.1, 0.15) is 58.8 Å². The highest BCUT2D eigenvalue weighted by molar-refractivity contribution is 5.05. The topological polar surface area (TPSA) is 39.1 Å². The number of nitrogens with one attached hydrogen (secondary N) is 1. The molecule has 1 unspecified atom stereocenters. The molecule has 1 saturated heterocycles. The van der Waals surface area contributed by atoms with Crippen molar-refractivity contribution in [1.82, 2.24) is 10.2 Å². The van der Waals surface area contributed by atoms with Gasteiger partial charge in [0, 0.05) is 19.6 Å². The fourth-order valence-corrected chi connectivity index (χ4v) is 2.70. The van der Waals surface area contributed by atoms with Gasteiger partial charge in [-0.05, 0) is 26.3 Å². The van der Waals surface area contributed by atoms with Crippen LogP contribution in [0.5, 0.6) is 0 Å². The average Bonchev–Trinajstić information content (AvgIpc) is 2.67. The Morgan fingerprint density at radius 1 is 1.17 bits per heavy atom. The van der Waals surface area contributed by atoms with Gasteiger partial charge < -0.3 is 5.32 Å². The monoisotopic (exact) mass is 251 g/mol. The van der Waals surface area contributed by atoms with E-state index in [0.717, 1.165) is 39.0 Å². The first-order valence-electron chi connectivity index (χ1n) is 7.60. The molecule has 1 aliphatic heterocycles. The molecule has 3 heteroatoms. The summed E-state index contributed by atoms with van der Waals surface area (Å²) in [6.45, 7) is 8.55. The fourth-order valence-electron chi connectivity index (χ4n) is 2.70. The van der Waals surface area contributed by atoms with E-state index in [1.165, 1.54) is 32.1 Å². The molecule has 1 aliphatic rings. The second kappa shape index (κ2) is 8.50. The molecule has 1 heterocycles. The van der Waals surface area contributed by atoms with Crippen LogP contribution in [0.15, 0.2) is 0 Å². The van der Waals surface area contributed by atoms with Crippen molar-refractivity contribution >= 4 is 0 Å². The second-order valence-electron chi connectivity index (χ2n) is 5.64. The van der Waals surface area contributed by atoms with Gasteiger partial charge in [-0.15, -0.1) is 0 Å². The summed E-state index contributed by atoms with van der Waals surface area (Å²) in [7, 11) is 0. The molecule has 0 saturated carbocycles. The van der Waals surface area contributed by atoms with Crippen LogP contribution in [0.25, 0.3) is 0 Å². The van der Waals surface area contributed by atoms with Gasteiger partial charge in [0.15, 0.2) is 0 Å². The Labute approximate surface area is 113 Å². The third-order valence-electron chi connectivity index (χ3n) is 4.05. The fraction of sp³-hybridized carbons (Fsp3) is 0.933. The maximum Gasteiger partial charge on any atom is 0.106 e. The summed E-state index contributed by atoms with van der Waals surface area (Å²) >= 11 is 0. The summed E-state index contributed by atoms with van der Waals surface area (Å²) in [6.07, 6.45) is 8.58. The molecule has 0 bridgehead atoms. The van der Waals surface area contributed by atoms with Crippen molar-refractivity contribution < 1.29 is 0 Å². The van der Waals surface area contributed by atoms with E-state index in [-0.39, 0.29) is 5.54 Å². The first-order valence-corrected chi connectivity index (χ1v) is 7.60. The minimum atomic E-state index is -0.252. The van der Waals surface area contributed by atoms with Gasteiger partial charge in [0.05, 0.1) is 6.07 Å². The molecule has 0 aromatic rings. The number of nitrogens with zero attached hydrogens (tertiary/aromatic N) is 2. The molecule has 1 fully saturated rings. The highest BCUT2D eigenvalue weighted by atomic mass is 15.2. The molecule has 3 nitrogen and oxygen atoms in total. The van der Waals surface area contributed by atoms with Crippen LogP contribution in [0, 0.1) is 11.3 Å². The molecule has 1 rings (SSSR count). The maximum absolute atomic E-state index is 9.52. The van der Waals surface area contributed by atoms with Crippen LogP contribution < -0.4 is 5.32 Å². The molecule has 104 valence electrons. The normalized spacial score (nSPS) is 20.9. The lowest BCUT2D eigenvalue weighted by molar-refractivity contribution is 0.149. The minimum Gasteiger partial charge on any atom is -0.315 e. The van der Waals surface area contributed by atoms with E-state index in [4.69, 9.17) is 0 Å². The van der Waals surface area contributed by atoms with E-state index in [1.54, 1.807) is 0 Å². The van der Waals surface area contributed by atoms with E-state index in [9.17, 15) is 5.26 Å².